The monoisotopic (exact) mass is 446 g/mol. The van der Waals surface area contributed by atoms with Crippen LogP contribution in [0.25, 0.3) is 22.3 Å². The summed E-state index contributed by atoms with van der Waals surface area (Å²) in [5.74, 6) is -1.40. The van der Waals surface area contributed by atoms with Crippen molar-refractivity contribution in [2.75, 3.05) is 0 Å². The number of rotatable bonds is 4. The fraction of sp³-hybridized carbons (Fsp3) is 0.308. The molecule has 0 heterocycles. The van der Waals surface area contributed by atoms with Crippen LogP contribution in [0.5, 0.6) is 5.75 Å². The zero-order valence-corrected chi connectivity index (χ0v) is 17.6. The summed E-state index contributed by atoms with van der Waals surface area (Å²) in [6, 6.07) is 15.6. The van der Waals surface area contributed by atoms with Gasteiger partial charge in [-0.2, -0.15) is 0 Å². The van der Waals surface area contributed by atoms with Crippen molar-refractivity contribution < 1.29 is 26.7 Å². The first-order chi connectivity index (χ1) is 15.2. The molecular formula is C26H23F5O. The topological polar surface area (TPSA) is 9.23 Å². The maximum atomic E-state index is 14.8. The molecule has 1 saturated carbocycles. The molecule has 3 aromatic carbocycles. The molecule has 0 aromatic heterocycles. The Hall–Kier alpha value is -2.89. The van der Waals surface area contributed by atoms with Gasteiger partial charge in [-0.15, -0.1) is 13.2 Å². The molecule has 32 heavy (non-hydrogen) atoms. The van der Waals surface area contributed by atoms with Gasteiger partial charge in [0.05, 0.1) is 0 Å². The molecule has 0 spiro atoms. The second-order valence-corrected chi connectivity index (χ2v) is 8.47. The Morgan fingerprint density at radius 3 is 1.91 bits per heavy atom. The molecule has 0 aliphatic heterocycles. The number of ether oxygens (including phenoxy) is 1. The third kappa shape index (κ3) is 5.12. The van der Waals surface area contributed by atoms with Crippen LogP contribution in [0.1, 0.15) is 44.1 Å². The Morgan fingerprint density at radius 1 is 0.719 bits per heavy atom. The second kappa shape index (κ2) is 8.93. The SMILES string of the molecule is CC1CCC(c2ccc(-c3ccc(-c4ccc(OC(F)(F)F)c(F)c4)c(F)c3)cc2)CC1. The summed E-state index contributed by atoms with van der Waals surface area (Å²) in [5.41, 5.74) is 3.06. The first-order valence-electron chi connectivity index (χ1n) is 10.6. The summed E-state index contributed by atoms with van der Waals surface area (Å²) in [4.78, 5) is 0. The van der Waals surface area contributed by atoms with E-state index in [0.29, 0.717) is 11.5 Å². The van der Waals surface area contributed by atoms with Crippen molar-refractivity contribution in [3.8, 4) is 28.0 Å². The van der Waals surface area contributed by atoms with Crippen LogP contribution in [-0.2, 0) is 0 Å². The Kier molecular flexibility index (Phi) is 6.22. The van der Waals surface area contributed by atoms with E-state index in [0.717, 1.165) is 23.6 Å². The zero-order valence-electron chi connectivity index (χ0n) is 17.6. The van der Waals surface area contributed by atoms with E-state index in [2.05, 4.69) is 23.8 Å². The third-order valence-electron chi connectivity index (χ3n) is 6.17. The van der Waals surface area contributed by atoms with Crippen molar-refractivity contribution in [2.24, 2.45) is 5.92 Å². The van der Waals surface area contributed by atoms with Crippen LogP contribution in [-0.4, -0.2) is 6.36 Å². The molecule has 168 valence electrons. The van der Waals surface area contributed by atoms with Gasteiger partial charge in [-0.1, -0.05) is 62.2 Å². The van der Waals surface area contributed by atoms with Crippen LogP contribution >= 0.6 is 0 Å². The largest absolute Gasteiger partial charge is 0.573 e. The van der Waals surface area contributed by atoms with Gasteiger partial charge in [0.25, 0.3) is 0 Å². The predicted molar refractivity (Wildman–Crippen MR) is 114 cm³/mol. The summed E-state index contributed by atoms with van der Waals surface area (Å²) >= 11 is 0. The molecule has 1 aliphatic carbocycles. The van der Waals surface area contributed by atoms with E-state index >= 15 is 0 Å². The summed E-state index contributed by atoms with van der Waals surface area (Å²) < 4.78 is 69.4. The second-order valence-electron chi connectivity index (χ2n) is 8.47. The number of alkyl halides is 3. The van der Waals surface area contributed by atoms with Crippen molar-refractivity contribution in [1.29, 1.82) is 0 Å². The van der Waals surface area contributed by atoms with Gasteiger partial charge in [-0.3, -0.25) is 0 Å². The first-order valence-corrected chi connectivity index (χ1v) is 10.6. The maximum Gasteiger partial charge on any atom is 0.573 e. The highest BCUT2D eigenvalue weighted by Gasteiger charge is 2.32. The van der Waals surface area contributed by atoms with E-state index in [1.165, 1.54) is 49.4 Å². The van der Waals surface area contributed by atoms with Gasteiger partial charge in [0, 0.05) is 5.56 Å². The molecule has 1 fully saturated rings. The molecule has 0 radical (unpaired) electrons. The highest BCUT2D eigenvalue weighted by Crippen LogP contribution is 2.37. The lowest BCUT2D eigenvalue weighted by Crippen LogP contribution is -2.17. The lowest BCUT2D eigenvalue weighted by atomic mass is 9.79. The van der Waals surface area contributed by atoms with E-state index in [1.54, 1.807) is 6.07 Å². The van der Waals surface area contributed by atoms with Crippen LogP contribution in [0.2, 0.25) is 0 Å². The summed E-state index contributed by atoms with van der Waals surface area (Å²) in [6.45, 7) is 2.29. The van der Waals surface area contributed by atoms with Gasteiger partial charge in [0.1, 0.15) is 5.82 Å². The number of hydrogen-bond donors (Lipinski definition) is 0. The molecule has 0 bridgehead atoms. The predicted octanol–water partition coefficient (Wildman–Crippen LogP) is 8.49. The number of halogens is 5. The molecular weight excluding hydrogens is 423 g/mol. The van der Waals surface area contributed by atoms with Gasteiger partial charge in [0.15, 0.2) is 11.6 Å². The summed E-state index contributed by atoms with van der Waals surface area (Å²) in [5, 5.41) is 0. The molecule has 0 N–H and O–H groups in total. The standard InChI is InChI=1S/C26H23F5O/c1-16-2-4-17(5-3-16)18-6-8-19(9-7-18)20-10-12-22(23(27)14-20)21-11-13-25(24(28)15-21)32-26(29,30)31/h6-17H,2-5H2,1H3. The van der Waals surface area contributed by atoms with E-state index in [9.17, 15) is 22.0 Å². The Labute approximate surface area is 183 Å². The average Bonchev–Trinajstić information content (AvgIpc) is 2.75. The highest BCUT2D eigenvalue weighted by molar-refractivity contribution is 5.71. The van der Waals surface area contributed by atoms with Crippen LogP contribution < -0.4 is 4.74 Å². The highest BCUT2D eigenvalue weighted by atomic mass is 19.4. The molecule has 0 atom stereocenters. The molecule has 0 saturated heterocycles. The van der Waals surface area contributed by atoms with Crippen LogP contribution in [0.4, 0.5) is 22.0 Å². The number of benzene rings is 3. The minimum absolute atomic E-state index is 0.0964. The minimum Gasteiger partial charge on any atom is -0.403 e. The fourth-order valence-electron chi connectivity index (χ4n) is 4.35. The van der Waals surface area contributed by atoms with Crippen molar-refractivity contribution in [2.45, 2.75) is 44.9 Å². The zero-order chi connectivity index (χ0) is 22.9. The van der Waals surface area contributed by atoms with Crippen molar-refractivity contribution in [1.82, 2.24) is 0 Å². The fourth-order valence-corrected chi connectivity index (χ4v) is 4.35. The van der Waals surface area contributed by atoms with E-state index in [4.69, 9.17) is 0 Å². The summed E-state index contributed by atoms with van der Waals surface area (Å²) in [6.07, 6.45) is -0.146. The number of hydrogen-bond acceptors (Lipinski definition) is 1. The lowest BCUT2D eigenvalue weighted by molar-refractivity contribution is -0.275. The smallest absolute Gasteiger partial charge is 0.403 e. The quantitative estimate of drug-likeness (QED) is 0.365. The van der Waals surface area contributed by atoms with Crippen LogP contribution in [0.3, 0.4) is 0 Å². The third-order valence-corrected chi connectivity index (χ3v) is 6.17. The lowest BCUT2D eigenvalue weighted by Gasteiger charge is -2.26. The van der Waals surface area contributed by atoms with E-state index in [1.807, 2.05) is 12.1 Å². The van der Waals surface area contributed by atoms with Crippen molar-refractivity contribution in [3.63, 3.8) is 0 Å². The van der Waals surface area contributed by atoms with Gasteiger partial charge in [-0.05, 0) is 65.1 Å². The van der Waals surface area contributed by atoms with Gasteiger partial charge in [0.2, 0.25) is 0 Å². The van der Waals surface area contributed by atoms with Crippen LogP contribution in [0, 0.1) is 17.6 Å². The van der Waals surface area contributed by atoms with Crippen LogP contribution in [0.15, 0.2) is 60.7 Å². The Morgan fingerprint density at radius 2 is 1.31 bits per heavy atom. The molecule has 1 aliphatic rings. The molecule has 6 heteroatoms. The minimum atomic E-state index is -5.00. The summed E-state index contributed by atoms with van der Waals surface area (Å²) in [7, 11) is 0. The Bertz CT molecular complexity index is 1080. The average molecular weight is 446 g/mol. The normalized spacial score (nSPS) is 19.1. The molecule has 0 unspecified atom stereocenters. The van der Waals surface area contributed by atoms with Crippen molar-refractivity contribution >= 4 is 0 Å². The molecule has 4 rings (SSSR count). The molecule has 1 nitrogen and oxygen atoms in total. The first kappa shape index (κ1) is 22.3. The van der Waals surface area contributed by atoms with Crippen molar-refractivity contribution in [3.05, 3.63) is 77.9 Å². The van der Waals surface area contributed by atoms with Gasteiger partial charge < -0.3 is 4.74 Å². The molecule has 3 aromatic rings. The Balaban J connectivity index is 1.53. The maximum absolute atomic E-state index is 14.8. The molecule has 0 amide bonds. The van der Waals surface area contributed by atoms with E-state index in [-0.39, 0.29) is 11.1 Å². The van der Waals surface area contributed by atoms with Gasteiger partial charge in [-0.25, -0.2) is 8.78 Å². The van der Waals surface area contributed by atoms with E-state index < -0.39 is 23.7 Å². The van der Waals surface area contributed by atoms with Gasteiger partial charge >= 0.3 is 6.36 Å².